The molecule has 0 amide bonds. The van der Waals surface area contributed by atoms with E-state index in [0.717, 1.165) is 106 Å². The molecule has 16 atom stereocenters. The monoisotopic (exact) mass is 1090 g/mol. The van der Waals surface area contributed by atoms with Crippen LogP contribution in [0.15, 0.2) is 0 Å². The average molecular weight is 1100 g/mol. The van der Waals surface area contributed by atoms with Crippen molar-refractivity contribution in [2.75, 3.05) is 0 Å². The predicted octanol–water partition coefficient (Wildman–Crippen LogP) is 19.9. The van der Waals surface area contributed by atoms with Gasteiger partial charge in [0, 0.05) is 0 Å². The summed E-state index contributed by atoms with van der Waals surface area (Å²) in [5.41, 5.74) is 2.31. The average Bonchev–Trinajstić information content (AvgIpc) is 3.95. The standard InChI is InChI=1S/C28H46.C22H40Si.4CH3.4ClH.2Zr/c1-5-13-23-19(9-1)20-10-2-6-14-24(20)27(23)17-18-28-25-15-7-3-11-21(25)22-12-4-8-16-26(22)28;1-15-13-17-9-5-7-11-19(17)21(15)23(3,4)22-16(2)14-18-10-6-8-12-20(18)22;;;;;;;;;;/h19-28H,1-18H2;15-22H,5-14H2,1-4H3;4*1H3;4*1H;;/q;;4*-1;;;;;2*+4/p-4. The molecular weight excluding hydrogens is 1000 g/mol. The fraction of sp³-hybridized carbons (Fsp3) is 0.926. The summed E-state index contributed by atoms with van der Waals surface area (Å²) in [6, 6.07) is 0. The van der Waals surface area contributed by atoms with Gasteiger partial charge in [0.1, 0.15) is 0 Å². The molecule has 10 saturated carbocycles. The minimum absolute atomic E-state index is 0. The van der Waals surface area contributed by atoms with Crippen LogP contribution in [0.2, 0.25) is 24.2 Å². The van der Waals surface area contributed by atoms with Crippen LogP contribution in [0, 0.1) is 124 Å². The van der Waals surface area contributed by atoms with Gasteiger partial charge in [0.05, 0.1) is 8.07 Å². The molecule has 10 aliphatic rings. The van der Waals surface area contributed by atoms with E-state index in [1.807, 2.05) is 0 Å². The molecule has 16 unspecified atom stereocenters. The van der Waals surface area contributed by atoms with E-state index in [0.29, 0.717) is 0 Å². The predicted molar refractivity (Wildman–Crippen MR) is 271 cm³/mol. The van der Waals surface area contributed by atoms with Crippen LogP contribution in [-0.2, 0) is 41.7 Å². The zero-order valence-corrected chi connectivity index (χ0v) is 50.1. The Morgan fingerprint density at radius 3 is 0.836 bits per heavy atom. The molecule has 354 valence electrons. The molecule has 0 aromatic rings. The van der Waals surface area contributed by atoms with E-state index in [2.05, 4.69) is 26.9 Å². The number of halogens is 4. The van der Waals surface area contributed by atoms with Crippen molar-refractivity contribution in [3.8, 4) is 0 Å². The molecular formula is C54H98Cl4SiZr2. The molecule has 0 aromatic carbocycles. The second-order valence-corrected chi connectivity index (χ2v) is 35.7. The van der Waals surface area contributed by atoms with Crippen LogP contribution in [0.5, 0.6) is 0 Å². The van der Waals surface area contributed by atoms with E-state index in [-0.39, 0.29) is 29.7 Å². The summed E-state index contributed by atoms with van der Waals surface area (Å²) in [5, 5.41) is 0. The van der Waals surface area contributed by atoms with Gasteiger partial charge in [0.15, 0.2) is 0 Å². The molecule has 0 nitrogen and oxygen atoms in total. The summed E-state index contributed by atoms with van der Waals surface area (Å²) >= 11 is -1.65. The Labute approximate surface area is 421 Å². The second-order valence-electron chi connectivity index (χ2n) is 23.2. The van der Waals surface area contributed by atoms with Gasteiger partial charge in [-0.05, 0) is 183 Å². The number of hydrogen-bond acceptors (Lipinski definition) is 0. The number of rotatable bonds is 5. The third-order valence-corrected chi connectivity index (χ3v) is 26.2. The minimum atomic E-state index is -1.18. The first kappa shape index (κ1) is 58.5. The Morgan fingerprint density at radius 2 is 0.574 bits per heavy atom. The Kier molecular flexibility index (Phi) is 26.9. The van der Waals surface area contributed by atoms with Crippen LogP contribution in [0.3, 0.4) is 0 Å². The van der Waals surface area contributed by atoms with E-state index in [9.17, 15) is 0 Å². The molecule has 0 radical (unpaired) electrons. The summed E-state index contributed by atoms with van der Waals surface area (Å²) in [4.78, 5) is 0. The molecule has 7 heteroatoms. The van der Waals surface area contributed by atoms with Crippen LogP contribution >= 0.6 is 34.1 Å². The maximum absolute atomic E-state index is 4.93. The molecule has 0 bridgehead atoms. The summed E-state index contributed by atoms with van der Waals surface area (Å²) in [5.74, 6) is 18.2. The fourth-order valence-electron chi connectivity index (χ4n) is 19.8. The molecule has 10 aliphatic carbocycles. The third kappa shape index (κ3) is 13.1. The molecule has 10 fully saturated rings. The quantitative estimate of drug-likeness (QED) is 0.190. The van der Waals surface area contributed by atoms with Crippen molar-refractivity contribution in [3.05, 3.63) is 29.7 Å². The van der Waals surface area contributed by atoms with Crippen LogP contribution in [-0.4, -0.2) is 8.07 Å². The van der Waals surface area contributed by atoms with Crippen molar-refractivity contribution in [2.45, 2.75) is 218 Å². The van der Waals surface area contributed by atoms with Crippen molar-refractivity contribution in [3.63, 3.8) is 0 Å². The Hall–Kier alpha value is 3.14. The van der Waals surface area contributed by atoms with Crippen molar-refractivity contribution < 1.29 is 41.7 Å². The first-order chi connectivity index (χ1) is 27.7. The van der Waals surface area contributed by atoms with Gasteiger partial charge in [-0.15, -0.1) is 0 Å². The second kappa shape index (κ2) is 28.1. The van der Waals surface area contributed by atoms with Crippen LogP contribution in [0.4, 0.5) is 0 Å². The van der Waals surface area contributed by atoms with Gasteiger partial charge in [-0.1, -0.05) is 130 Å². The van der Waals surface area contributed by atoms with E-state index < -0.39 is 49.8 Å². The topological polar surface area (TPSA) is 0 Å². The first-order valence-electron chi connectivity index (χ1n) is 25.7. The summed E-state index contributed by atoms with van der Waals surface area (Å²) < 4.78 is 0. The molecule has 10 rings (SSSR count). The maximum atomic E-state index is 4.93. The van der Waals surface area contributed by atoms with Gasteiger partial charge in [0.2, 0.25) is 0 Å². The molecule has 0 N–H and O–H groups in total. The molecule has 0 aromatic heterocycles. The van der Waals surface area contributed by atoms with Crippen molar-refractivity contribution >= 4 is 42.1 Å². The molecule has 0 saturated heterocycles. The zero-order chi connectivity index (χ0) is 40.1. The normalized spacial score (nSPS) is 43.8. The molecule has 0 heterocycles. The van der Waals surface area contributed by atoms with Crippen LogP contribution in [0.25, 0.3) is 0 Å². The van der Waals surface area contributed by atoms with Gasteiger partial charge in [-0.3, -0.25) is 0 Å². The van der Waals surface area contributed by atoms with Crippen LogP contribution < -0.4 is 0 Å². The Bertz CT molecular complexity index is 1070. The van der Waals surface area contributed by atoms with Crippen molar-refractivity contribution in [1.29, 1.82) is 0 Å². The van der Waals surface area contributed by atoms with Crippen molar-refractivity contribution in [2.24, 2.45) is 94.7 Å². The fourth-order valence-corrected chi connectivity index (χ4v) is 26.5. The van der Waals surface area contributed by atoms with E-state index in [1.165, 1.54) is 12.8 Å². The molecule has 0 aliphatic heterocycles. The SMILES string of the molecule is C1CCC2C(C1)C1CCCCC1C2CCC1C2CCCCC2C2CCCCC21.CC1CC2CCCCC2C1[Si](C)(C)C1C(C)CC2CCCCC21.[CH3-].[CH3-].[CH3-].[CH3-].[Cl][Zr+2][Cl].[Cl][Zr+2][Cl]. The third-order valence-electron chi connectivity index (χ3n) is 20.8. The van der Waals surface area contributed by atoms with Gasteiger partial charge >= 0.3 is 75.7 Å². The summed E-state index contributed by atoms with van der Waals surface area (Å²) in [6.07, 6.45) is 44.4. The zero-order valence-electron chi connectivity index (χ0n) is 41.2. The molecule has 0 spiro atoms. The Morgan fingerprint density at radius 1 is 0.361 bits per heavy atom. The van der Waals surface area contributed by atoms with Gasteiger partial charge in [-0.2, -0.15) is 0 Å². The van der Waals surface area contributed by atoms with Gasteiger partial charge in [0.25, 0.3) is 0 Å². The van der Waals surface area contributed by atoms with Gasteiger partial charge in [-0.25, -0.2) is 0 Å². The Balaban J connectivity index is 0.000000276. The first-order valence-corrected chi connectivity index (χ1v) is 41.5. The van der Waals surface area contributed by atoms with Gasteiger partial charge < -0.3 is 29.7 Å². The van der Waals surface area contributed by atoms with E-state index >= 15 is 0 Å². The van der Waals surface area contributed by atoms with Crippen LogP contribution in [0.1, 0.15) is 194 Å². The van der Waals surface area contributed by atoms with Crippen molar-refractivity contribution in [1.82, 2.24) is 0 Å². The van der Waals surface area contributed by atoms with E-state index in [4.69, 9.17) is 34.1 Å². The summed E-state index contributed by atoms with van der Waals surface area (Å²) in [7, 11) is 18.6. The number of hydrogen-bond donors (Lipinski definition) is 0. The summed E-state index contributed by atoms with van der Waals surface area (Å²) in [6.45, 7) is 11.0. The molecule has 61 heavy (non-hydrogen) atoms. The number of fused-ring (bicyclic) bond motifs is 8. The van der Waals surface area contributed by atoms with E-state index in [1.54, 1.807) is 167 Å².